The molecule has 2 aliphatic carbocycles. The van der Waals surface area contributed by atoms with E-state index in [0.29, 0.717) is 38.0 Å². The first kappa shape index (κ1) is 41.2. The average Bonchev–Trinajstić information content (AvgIpc) is 3.15. The number of hydrogen-bond acceptors (Lipinski definition) is 8. The Morgan fingerprint density at radius 2 is 1.94 bits per heavy atom. The second kappa shape index (κ2) is 18.6. The first-order valence-electron chi connectivity index (χ1n) is 19.2. The highest BCUT2D eigenvalue weighted by atomic mass is 35.5. The van der Waals surface area contributed by atoms with Crippen LogP contribution in [0.25, 0.3) is 0 Å². The van der Waals surface area contributed by atoms with Crippen LogP contribution in [0.15, 0.2) is 75.0 Å². The van der Waals surface area contributed by atoms with Gasteiger partial charge in [0.1, 0.15) is 18.0 Å². The maximum atomic E-state index is 14.9. The molecule has 0 bridgehead atoms. The van der Waals surface area contributed by atoms with Crippen LogP contribution < -0.4 is 14.4 Å². The Labute approximate surface area is 321 Å². The van der Waals surface area contributed by atoms with Gasteiger partial charge in [0.2, 0.25) is 5.91 Å². The maximum absolute atomic E-state index is 14.9. The van der Waals surface area contributed by atoms with Crippen molar-refractivity contribution < 1.29 is 32.7 Å². The number of halogens is 1. The normalized spacial score (nSPS) is 24.2. The van der Waals surface area contributed by atoms with Gasteiger partial charge in [-0.1, -0.05) is 37.6 Å². The molecule has 1 aromatic rings. The molecule has 2 aliphatic heterocycles. The standard InChI is InChI=1S/C41H58ClN3O7S/c1-7-22-51-41(5,6)40(47)44-53(48,43-39(46)28(3)4)33-18-20-37-35(25-33)45(21-11-9-13-29-24-32(42)17-15-31(29)27-50-37)26-30-16-19-34(30)36(8-2)52-38-14-10-12-23-49-38/h7-8,18,20,24-25,28,30,34,36,38H,1-2,9-17,19,21-23,26-27H2,3-6H3,(H,43,44,46,47,48)/t30-,34+,36-,38?,53?/m0/s1. The molecule has 2 unspecified atom stereocenters. The molecule has 2 heterocycles. The largest absolute Gasteiger partial charge is 0.487 e. The minimum Gasteiger partial charge on any atom is -0.487 e. The van der Waals surface area contributed by atoms with Crippen molar-refractivity contribution in [2.24, 2.45) is 22.1 Å². The van der Waals surface area contributed by atoms with E-state index in [-0.39, 0.29) is 29.8 Å². The van der Waals surface area contributed by atoms with E-state index in [1.54, 1.807) is 45.9 Å². The van der Waals surface area contributed by atoms with E-state index in [2.05, 4.69) is 33.2 Å². The van der Waals surface area contributed by atoms with E-state index < -0.39 is 33.2 Å². The minimum atomic E-state index is -3.80. The molecule has 0 radical (unpaired) electrons. The third-order valence-corrected chi connectivity index (χ3v) is 12.7. The summed E-state index contributed by atoms with van der Waals surface area (Å²) in [7, 11) is -3.80. The Kier molecular flexibility index (Phi) is 14.4. The van der Waals surface area contributed by atoms with Crippen LogP contribution in [0.3, 0.4) is 0 Å². The zero-order chi connectivity index (χ0) is 38.2. The number of carbonyl (C=O) groups is 2. The van der Waals surface area contributed by atoms with E-state index in [1.165, 1.54) is 17.2 Å². The highest BCUT2D eigenvalue weighted by Gasteiger charge is 2.39. The molecule has 10 nitrogen and oxygen atoms in total. The molecule has 4 aliphatic rings. The number of benzene rings is 1. The van der Waals surface area contributed by atoms with Gasteiger partial charge in [-0.15, -0.1) is 17.5 Å². The van der Waals surface area contributed by atoms with Crippen molar-refractivity contribution in [3.05, 3.63) is 65.8 Å². The lowest BCUT2D eigenvalue weighted by Gasteiger charge is -2.44. The van der Waals surface area contributed by atoms with Crippen LogP contribution in [0.1, 0.15) is 91.9 Å². The number of nitrogens with zero attached hydrogens (tertiary/aromatic N) is 2. The van der Waals surface area contributed by atoms with Crippen LogP contribution in [-0.4, -0.2) is 66.9 Å². The molecule has 0 spiro atoms. The number of fused-ring (bicyclic) bond motifs is 1. The molecule has 53 heavy (non-hydrogen) atoms. The third kappa shape index (κ3) is 10.6. The first-order chi connectivity index (χ1) is 25.3. The number of hydrogen-bond donors (Lipinski definition) is 1. The highest BCUT2D eigenvalue weighted by molar-refractivity contribution is 7.92. The molecule has 292 valence electrons. The lowest BCUT2D eigenvalue weighted by atomic mass is 9.70. The van der Waals surface area contributed by atoms with Crippen LogP contribution in [0.2, 0.25) is 0 Å². The summed E-state index contributed by atoms with van der Waals surface area (Å²) in [4.78, 5) is 29.2. The van der Waals surface area contributed by atoms with Gasteiger partial charge in [-0.25, -0.2) is 4.21 Å². The van der Waals surface area contributed by atoms with Crippen LogP contribution >= 0.6 is 11.6 Å². The van der Waals surface area contributed by atoms with E-state index in [9.17, 15) is 13.8 Å². The van der Waals surface area contributed by atoms with Crippen LogP contribution in [-0.2, 0) is 33.7 Å². The van der Waals surface area contributed by atoms with Crippen molar-refractivity contribution in [1.29, 1.82) is 0 Å². The van der Waals surface area contributed by atoms with Crippen molar-refractivity contribution in [2.45, 2.75) is 115 Å². The molecule has 0 aromatic heterocycles. The molecule has 2 fully saturated rings. The molecule has 12 heteroatoms. The van der Waals surface area contributed by atoms with Gasteiger partial charge in [-0.2, -0.15) is 0 Å². The highest BCUT2D eigenvalue weighted by Crippen LogP contribution is 2.43. The zero-order valence-corrected chi connectivity index (χ0v) is 33.5. The lowest BCUT2D eigenvalue weighted by Crippen LogP contribution is -2.45. The summed E-state index contributed by atoms with van der Waals surface area (Å²) in [6.45, 7) is 16.9. The Morgan fingerprint density at radius 3 is 2.62 bits per heavy atom. The zero-order valence-electron chi connectivity index (χ0n) is 31.9. The van der Waals surface area contributed by atoms with Gasteiger partial charge >= 0.3 is 0 Å². The quantitative estimate of drug-likeness (QED) is 0.199. The fourth-order valence-electron chi connectivity index (χ4n) is 7.15. The molecule has 2 amide bonds. The Bertz CT molecular complexity index is 1690. The fourth-order valence-corrected chi connectivity index (χ4v) is 9.13. The molecule has 1 saturated heterocycles. The Morgan fingerprint density at radius 1 is 1.13 bits per heavy atom. The van der Waals surface area contributed by atoms with Gasteiger partial charge in [0.25, 0.3) is 5.91 Å². The summed E-state index contributed by atoms with van der Waals surface area (Å²) in [6, 6.07) is 5.21. The maximum Gasteiger partial charge on any atom is 0.287 e. The van der Waals surface area contributed by atoms with E-state index in [0.717, 1.165) is 74.9 Å². The molecule has 5 atom stereocenters. The van der Waals surface area contributed by atoms with Gasteiger partial charge in [-0.05, 0) is 125 Å². The summed E-state index contributed by atoms with van der Waals surface area (Å²) < 4.78 is 46.4. The summed E-state index contributed by atoms with van der Waals surface area (Å²) in [5.41, 5.74) is 1.80. The molecule has 1 N–H and O–H groups in total. The summed E-state index contributed by atoms with van der Waals surface area (Å²) in [6.07, 6.45) is 14.7. The van der Waals surface area contributed by atoms with Crippen LogP contribution in [0.5, 0.6) is 5.75 Å². The number of allylic oxidation sites excluding steroid dienone is 3. The van der Waals surface area contributed by atoms with Crippen molar-refractivity contribution in [3.63, 3.8) is 0 Å². The first-order valence-corrected chi connectivity index (χ1v) is 21.1. The molecule has 1 aromatic carbocycles. The number of ether oxygens (including phenoxy) is 4. The van der Waals surface area contributed by atoms with Crippen LogP contribution in [0, 0.1) is 17.8 Å². The van der Waals surface area contributed by atoms with Crippen molar-refractivity contribution in [1.82, 2.24) is 4.72 Å². The van der Waals surface area contributed by atoms with E-state index >= 15 is 0 Å². The van der Waals surface area contributed by atoms with E-state index in [1.807, 2.05) is 6.08 Å². The summed E-state index contributed by atoms with van der Waals surface area (Å²) in [5.74, 6) is -0.540. The Balaban J connectivity index is 1.54. The van der Waals surface area contributed by atoms with Crippen LogP contribution in [0.4, 0.5) is 5.69 Å². The second-order valence-electron chi connectivity index (χ2n) is 15.3. The molecule has 5 rings (SSSR count). The third-order valence-electron chi connectivity index (χ3n) is 10.7. The number of anilines is 1. The number of rotatable bonds is 13. The fraction of sp³-hybridized carbons (Fsp3) is 0.610. The SMILES string of the molecule is C=CCOC(C)(C)C(=O)N=S(=O)(NC(=O)C(C)C)c1ccc2c(c1)N(C[C@@H]1CC[C@H]1[C@H](C=C)OC1CCCCO1)CCCCC1=C(CCC(Cl)=C1)CO2. The minimum absolute atomic E-state index is 0.104. The number of amides is 2. The van der Waals surface area contributed by atoms with Gasteiger partial charge < -0.3 is 23.8 Å². The predicted molar refractivity (Wildman–Crippen MR) is 210 cm³/mol. The topological polar surface area (TPSA) is 116 Å². The molecular weight excluding hydrogens is 714 g/mol. The van der Waals surface area contributed by atoms with Gasteiger partial charge in [0.15, 0.2) is 16.2 Å². The van der Waals surface area contributed by atoms with Crippen molar-refractivity contribution in [2.75, 3.05) is 37.8 Å². The summed E-state index contributed by atoms with van der Waals surface area (Å²) >= 11 is 6.49. The number of nitrogens with one attached hydrogen (secondary N) is 1. The smallest absolute Gasteiger partial charge is 0.287 e. The van der Waals surface area contributed by atoms with Crippen molar-refractivity contribution >= 4 is 39.0 Å². The van der Waals surface area contributed by atoms with Crippen molar-refractivity contribution in [3.8, 4) is 5.75 Å². The summed E-state index contributed by atoms with van der Waals surface area (Å²) in [5, 5.41) is 0.869. The molecular formula is C41H58ClN3O7S. The lowest BCUT2D eigenvalue weighted by molar-refractivity contribution is -0.197. The monoisotopic (exact) mass is 771 g/mol. The Hall–Kier alpha value is -2.96. The van der Waals surface area contributed by atoms with Gasteiger partial charge in [0.05, 0.1) is 23.3 Å². The predicted octanol–water partition coefficient (Wildman–Crippen LogP) is 8.41. The average molecular weight is 772 g/mol. The molecule has 1 saturated carbocycles. The van der Waals surface area contributed by atoms with Gasteiger partial charge in [0, 0.05) is 30.6 Å². The number of carbonyl (C=O) groups excluding carboxylic acids is 2. The van der Waals surface area contributed by atoms with E-state index in [4.69, 9.17) is 30.5 Å². The second-order valence-corrected chi connectivity index (χ2v) is 17.7. The van der Waals surface area contributed by atoms with Gasteiger partial charge in [-0.3, -0.25) is 14.3 Å².